The van der Waals surface area contributed by atoms with E-state index in [-0.39, 0.29) is 24.8 Å². The molecule has 2 aromatic carbocycles. The van der Waals surface area contributed by atoms with Crippen molar-refractivity contribution in [3.05, 3.63) is 54.1 Å². The Morgan fingerprint density at radius 2 is 1.75 bits per heavy atom. The number of anilines is 3. The van der Waals surface area contributed by atoms with Crippen molar-refractivity contribution >= 4 is 34.8 Å². The van der Waals surface area contributed by atoms with Crippen LogP contribution in [0.2, 0.25) is 0 Å². The lowest BCUT2D eigenvalue weighted by molar-refractivity contribution is -0.121. The number of imide groups is 1. The first-order chi connectivity index (χ1) is 13.4. The smallest absolute Gasteiger partial charge is 0.338 e. The van der Waals surface area contributed by atoms with Crippen LogP contribution < -0.4 is 15.1 Å². The van der Waals surface area contributed by atoms with E-state index in [1.165, 1.54) is 0 Å². The SMILES string of the molecule is CCOC(=O)c1ccc(N2C(=O)C[C@H](Nc3ccc(N(C)C)cc3)C2=O)cc1. The van der Waals surface area contributed by atoms with Crippen molar-refractivity contribution in [3.8, 4) is 0 Å². The topological polar surface area (TPSA) is 79.0 Å². The van der Waals surface area contributed by atoms with E-state index in [0.717, 1.165) is 16.3 Å². The molecule has 1 atom stereocenters. The molecule has 0 bridgehead atoms. The Bertz CT molecular complexity index is 876. The summed E-state index contributed by atoms with van der Waals surface area (Å²) in [4.78, 5) is 40.1. The second kappa shape index (κ2) is 8.12. The number of benzene rings is 2. The Hall–Kier alpha value is -3.35. The normalized spacial score (nSPS) is 16.2. The van der Waals surface area contributed by atoms with Crippen LogP contribution >= 0.6 is 0 Å². The molecule has 28 heavy (non-hydrogen) atoms. The summed E-state index contributed by atoms with van der Waals surface area (Å²) in [6, 6.07) is 13.3. The van der Waals surface area contributed by atoms with E-state index in [2.05, 4.69) is 5.32 Å². The number of hydrogen-bond acceptors (Lipinski definition) is 6. The molecule has 7 heteroatoms. The van der Waals surface area contributed by atoms with E-state index in [0.29, 0.717) is 11.3 Å². The Morgan fingerprint density at radius 1 is 1.11 bits per heavy atom. The zero-order valence-corrected chi connectivity index (χ0v) is 16.1. The van der Waals surface area contributed by atoms with Crippen LogP contribution in [-0.4, -0.2) is 44.5 Å². The molecule has 1 aliphatic rings. The van der Waals surface area contributed by atoms with Crippen molar-refractivity contribution < 1.29 is 19.1 Å². The van der Waals surface area contributed by atoms with Crippen molar-refractivity contribution in [1.29, 1.82) is 0 Å². The number of hydrogen-bond donors (Lipinski definition) is 1. The van der Waals surface area contributed by atoms with Crippen LogP contribution in [0.15, 0.2) is 48.5 Å². The van der Waals surface area contributed by atoms with Crippen LogP contribution in [0.1, 0.15) is 23.7 Å². The number of ether oxygens (including phenoxy) is 1. The molecule has 7 nitrogen and oxygen atoms in total. The van der Waals surface area contributed by atoms with Gasteiger partial charge < -0.3 is 15.0 Å². The molecule has 2 amide bonds. The fourth-order valence-electron chi connectivity index (χ4n) is 3.03. The number of nitrogens with one attached hydrogen (secondary N) is 1. The van der Waals surface area contributed by atoms with Gasteiger partial charge in [-0.1, -0.05) is 0 Å². The van der Waals surface area contributed by atoms with Gasteiger partial charge in [-0.25, -0.2) is 9.69 Å². The lowest BCUT2D eigenvalue weighted by Crippen LogP contribution is -2.34. The summed E-state index contributed by atoms with van der Waals surface area (Å²) in [6.45, 7) is 2.02. The number of carbonyl (C=O) groups is 3. The molecule has 1 aliphatic heterocycles. The van der Waals surface area contributed by atoms with Gasteiger partial charge in [0.25, 0.3) is 5.91 Å². The molecular weight excluding hydrogens is 358 g/mol. The van der Waals surface area contributed by atoms with Crippen LogP contribution in [0.5, 0.6) is 0 Å². The fraction of sp³-hybridized carbons (Fsp3) is 0.286. The van der Waals surface area contributed by atoms with E-state index < -0.39 is 12.0 Å². The predicted octanol–water partition coefficient (Wildman–Crippen LogP) is 2.67. The van der Waals surface area contributed by atoms with Gasteiger partial charge in [0.1, 0.15) is 6.04 Å². The molecule has 3 rings (SSSR count). The van der Waals surface area contributed by atoms with Crippen molar-refractivity contribution in [3.63, 3.8) is 0 Å². The zero-order valence-electron chi connectivity index (χ0n) is 16.1. The average molecular weight is 381 g/mol. The van der Waals surface area contributed by atoms with Gasteiger partial charge in [0.2, 0.25) is 5.91 Å². The summed E-state index contributed by atoms with van der Waals surface area (Å²) >= 11 is 0. The van der Waals surface area contributed by atoms with Gasteiger partial charge in [0.15, 0.2) is 0 Å². The number of amides is 2. The zero-order chi connectivity index (χ0) is 20.3. The summed E-state index contributed by atoms with van der Waals surface area (Å²) in [6.07, 6.45) is 0.0773. The quantitative estimate of drug-likeness (QED) is 0.612. The third kappa shape index (κ3) is 3.98. The number of rotatable bonds is 6. The molecule has 1 saturated heterocycles. The largest absolute Gasteiger partial charge is 0.462 e. The van der Waals surface area contributed by atoms with E-state index in [9.17, 15) is 14.4 Å². The van der Waals surface area contributed by atoms with Gasteiger partial charge >= 0.3 is 5.97 Å². The maximum absolute atomic E-state index is 12.8. The van der Waals surface area contributed by atoms with Crippen LogP contribution in [0.3, 0.4) is 0 Å². The van der Waals surface area contributed by atoms with E-state index in [1.54, 1.807) is 31.2 Å². The maximum Gasteiger partial charge on any atom is 0.338 e. The first-order valence-electron chi connectivity index (χ1n) is 9.08. The second-order valence-electron chi connectivity index (χ2n) is 6.68. The first kappa shape index (κ1) is 19.4. The molecule has 146 valence electrons. The van der Waals surface area contributed by atoms with Gasteiger partial charge in [0.05, 0.1) is 24.3 Å². The highest BCUT2D eigenvalue weighted by molar-refractivity contribution is 6.23. The molecule has 1 heterocycles. The van der Waals surface area contributed by atoms with E-state index in [1.807, 2.05) is 43.3 Å². The van der Waals surface area contributed by atoms with Crippen LogP contribution in [0, 0.1) is 0 Å². The minimum atomic E-state index is -0.623. The summed E-state index contributed by atoms with van der Waals surface area (Å²) in [5.41, 5.74) is 2.63. The summed E-state index contributed by atoms with van der Waals surface area (Å²) in [7, 11) is 3.90. The van der Waals surface area contributed by atoms with Crippen molar-refractivity contribution in [2.24, 2.45) is 0 Å². The standard InChI is InChI=1S/C21H23N3O4/c1-4-28-21(27)14-5-9-17(10-6-14)24-19(25)13-18(20(24)26)22-15-7-11-16(12-8-15)23(2)3/h5-12,18,22H,4,13H2,1-3H3/t18-/m0/s1. The second-order valence-corrected chi connectivity index (χ2v) is 6.68. The van der Waals surface area contributed by atoms with Gasteiger partial charge in [-0.05, 0) is 55.5 Å². The Labute approximate surface area is 163 Å². The third-order valence-corrected chi connectivity index (χ3v) is 4.51. The molecular formula is C21H23N3O4. The molecule has 0 saturated carbocycles. The Morgan fingerprint density at radius 3 is 2.32 bits per heavy atom. The highest BCUT2D eigenvalue weighted by atomic mass is 16.5. The Kier molecular flexibility index (Phi) is 5.63. The number of esters is 1. The molecule has 0 spiro atoms. The predicted molar refractivity (Wildman–Crippen MR) is 108 cm³/mol. The van der Waals surface area contributed by atoms with Crippen molar-refractivity contribution in [2.45, 2.75) is 19.4 Å². The van der Waals surface area contributed by atoms with Crippen LogP contribution in [-0.2, 0) is 14.3 Å². The summed E-state index contributed by atoms with van der Waals surface area (Å²) in [5.74, 6) is -1.03. The van der Waals surface area contributed by atoms with Gasteiger partial charge in [-0.2, -0.15) is 0 Å². The lowest BCUT2D eigenvalue weighted by Gasteiger charge is -2.17. The minimum absolute atomic E-state index is 0.0773. The number of nitrogens with zero attached hydrogens (tertiary/aromatic N) is 2. The maximum atomic E-state index is 12.8. The monoisotopic (exact) mass is 381 g/mol. The van der Waals surface area contributed by atoms with Crippen molar-refractivity contribution in [1.82, 2.24) is 0 Å². The van der Waals surface area contributed by atoms with Crippen LogP contribution in [0.4, 0.5) is 17.1 Å². The fourth-order valence-corrected chi connectivity index (χ4v) is 3.03. The van der Waals surface area contributed by atoms with Crippen molar-refractivity contribution in [2.75, 3.05) is 35.8 Å². The van der Waals surface area contributed by atoms with Gasteiger partial charge in [0, 0.05) is 25.5 Å². The molecule has 1 N–H and O–H groups in total. The van der Waals surface area contributed by atoms with Gasteiger partial charge in [-0.3, -0.25) is 9.59 Å². The molecule has 0 aromatic heterocycles. The molecule has 1 fully saturated rings. The van der Waals surface area contributed by atoms with Gasteiger partial charge in [-0.15, -0.1) is 0 Å². The first-order valence-corrected chi connectivity index (χ1v) is 9.08. The minimum Gasteiger partial charge on any atom is -0.462 e. The summed E-state index contributed by atoms with van der Waals surface area (Å²) in [5, 5.41) is 3.13. The number of carbonyl (C=O) groups excluding carboxylic acids is 3. The van der Waals surface area contributed by atoms with E-state index in [4.69, 9.17) is 4.74 Å². The van der Waals surface area contributed by atoms with E-state index >= 15 is 0 Å². The lowest BCUT2D eigenvalue weighted by atomic mass is 10.2. The highest BCUT2D eigenvalue weighted by Crippen LogP contribution is 2.26. The van der Waals surface area contributed by atoms with Crippen LogP contribution in [0.25, 0.3) is 0 Å². The Balaban J connectivity index is 1.71. The molecule has 0 unspecified atom stereocenters. The molecule has 0 radical (unpaired) electrons. The summed E-state index contributed by atoms with van der Waals surface area (Å²) < 4.78 is 4.94. The highest BCUT2D eigenvalue weighted by Gasteiger charge is 2.39. The molecule has 0 aliphatic carbocycles. The average Bonchev–Trinajstić information content (AvgIpc) is 2.96. The third-order valence-electron chi connectivity index (χ3n) is 4.51. The molecule has 2 aromatic rings.